The van der Waals surface area contributed by atoms with E-state index in [1.807, 2.05) is 13.8 Å². The lowest BCUT2D eigenvalue weighted by Crippen LogP contribution is -2.36. The van der Waals surface area contributed by atoms with E-state index in [1.54, 1.807) is 14.0 Å². The Balaban J connectivity index is 3.54. The summed E-state index contributed by atoms with van der Waals surface area (Å²) in [4.78, 5) is 0. The van der Waals surface area contributed by atoms with Gasteiger partial charge in [-0.15, -0.1) is 0 Å². The molecule has 0 spiro atoms. The van der Waals surface area contributed by atoms with Crippen molar-refractivity contribution in [1.29, 1.82) is 0 Å². The predicted molar refractivity (Wildman–Crippen MR) is 43.6 cm³/mol. The van der Waals surface area contributed by atoms with Crippen LogP contribution in [0.25, 0.3) is 0 Å². The summed E-state index contributed by atoms with van der Waals surface area (Å²) in [5.74, 6) is 0. The fourth-order valence-corrected chi connectivity index (χ4v) is 0.699. The smallest absolute Gasteiger partial charge is 0.108 e. The zero-order valence-electron chi connectivity index (χ0n) is 7.76. The van der Waals surface area contributed by atoms with E-state index in [1.165, 1.54) is 0 Å². The van der Waals surface area contributed by atoms with E-state index in [2.05, 4.69) is 0 Å². The molecule has 0 rings (SSSR count). The zero-order valence-corrected chi connectivity index (χ0v) is 7.76. The summed E-state index contributed by atoms with van der Waals surface area (Å²) in [7, 11) is 1.56. The van der Waals surface area contributed by atoms with Gasteiger partial charge in [0, 0.05) is 7.11 Å². The minimum atomic E-state index is -0.862. The summed E-state index contributed by atoms with van der Waals surface area (Å²) in [5, 5.41) is 9.51. The Labute approximate surface area is 68.3 Å². The molecule has 1 atom stereocenters. The van der Waals surface area contributed by atoms with Crippen LogP contribution in [0.2, 0.25) is 0 Å². The van der Waals surface area contributed by atoms with Gasteiger partial charge in [-0.05, 0) is 20.8 Å². The minimum Gasteiger partial charge on any atom is -0.385 e. The molecule has 0 aromatic heterocycles. The molecule has 3 heteroatoms. The number of methoxy groups -OCH3 is 1. The molecule has 1 unspecified atom stereocenters. The summed E-state index contributed by atoms with van der Waals surface area (Å²) in [5.41, 5.74) is -0.862. The number of aliphatic hydroxyl groups is 1. The van der Waals surface area contributed by atoms with Gasteiger partial charge in [0.2, 0.25) is 0 Å². The molecule has 0 aliphatic heterocycles. The third kappa shape index (κ3) is 6.28. The topological polar surface area (TPSA) is 38.7 Å². The molecule has 0 aliphatic carbocycles. The second-order valence-corrected chi connectivity index (χ2v) is 3.29. The van der Waals surface area contributed by atoms with Crippen molar-refractivity contribution in [3.63, 3.8) is 0 Å². The second kappa shape index (κ2) is 4.70. The van der Waals surface area contributed by atoms with E-state index < -0.39 is 5.60 Å². The van der Waals surface area contributed by atoms with Gasteiger partial charge in [-0.3, -0.25) is 0 Å². The average molecular weight is 162 g/mol. The summed E-state index contributed by atoms with van der Waals surface area (Å²) in [6.07, 6.45) is 0.151. The molecule has 0 aromatic rings. The predicted octanol–water partition coefficient (Wildman–Crippen LogP) is 0.809. The molecule has 11 heavy (non-hydrogen) atoms. The van der Waals surface area contributed by atoms with Gasteiger partial charge in [-0.1, -0.05) is 0 Å². The van der Waals surface area contributed by atoms with Crippen LogP contribution < -0.4 is 0 Å². The highest BCUT2D eigenvalue weighted by Crippen LogP contribution is 2.05. The standard InChI is InChI=1S/C8H18O3/c1-7(2)11-6-8(3,9)5-10-4/h7,9H,5-6H2,1-4H3. The van der Waals surface area contributed by atoms with Crippen molar-refractivity contribution in [1.82, 2.24) is 0 Å². The fraction of sp³-hybridized carbons (Fsp3) is 1.00. The molecule has 0 bridgehead atoms. The molecule has 0 saturated carbocycles. The highest BCUT2D eigenvalue weighted by Gasteiger charge is 2.20. The first kappa shape index (κ1) is 10.9. The normalized spacial score (nSPS) is 16.9. The molecular weight excluding hydrogens is 144 g/mol. The maximum absolute atomic E-state index is 9.51. The van der Waals surface area contributed by atoms with Crippen LogP contribution in [0, 0.1) is 0 Å². The lowest BCUT2D eigenvalue weighted by Gasteiger charge is -2.23. The first-order valence-electron chi connectivity index (χ1n) is 3.81. The molecular formula is C8H18O3. The Morgan fingerprint density at radius 1 is 1.36 bits per heavy atom. The van der Waals surface area contributed by atoms with Crippen molar-refractivity contribution < 1.29 is 14.6 Å². The number of ether oxygens (including phenoxy) is 2. The molecule has 68 valence electrons. The van der Waals surface area contributed by atoms with Crippen LogP contribution >= 0.6 is 0 Å². The van der Waals surface area contributed by atoms with E-state index in [0.29, 0.717) is 13.2 Å². The van der Waals surface area contributed by atoms with Gasteiger partial charge in [0.25, 0.3) is 0 Å². The monoisotopic (exact) mass is 162 g/mol. The van der Waals surface area contributed by atoms with Crippen molar-refractivity contribution >= 4 is 0 Å². The summed E-state index contributed by atoms with van der Waals surface area (Å²) in [6, 6.07) is 0. The van der Waals surface area contributed by atoms with E-state index in [4.69, 9.17) is 9.47 Å². The Morgan fingerprint density at radius 3 is 2.27 bits per heavy atom. The van der Waals surface area contributed by atoms with E-state index >= 15 is 0 Å². The van der Waals surface area contributed by atoms with E-state index in [9.17, 15) is 5.11 Å². The average Bonchev–Trinajstić information content (AvgIpc) is 1.84. The molecule has 0 radical (unpaired) electrons. The lowest BCUT2D eigenvalue weighted by atomic mass is 10.1. The first-order valence-corrected chi connectivity index (χ1v) is 3.81. The van der Waals surface area contributed by atoms with Crippen LogP contribution in [0.5, 0.6) is 0 Å². The Kier molecular flexibility index (Phi) is 4.65. The molecule has 0 aromatic carbocycles. The van der Waals surface area contributed by atoms with Crippen LogP contribution in [0.4, 0.5) is 0 Å². The van der Waals surface area contributed by atoms with Gasteiger partial charge in [0.15, 0.2) is 0 Å². The SMILES string of the molecule is COCC(C)(O)COC(C)C. The van der Waals surface area contributed by atoms with Gasteiger partial charge in [0.1, 0.15) is 5.60 Å². The zero-order chi connectivity index (χ0) is 8.91. The molecule has 3 nitrogen and oxygen atoms in total. The van der Waals surface area contributed by atoms with Gasteiger partial charge >= 0.3 is 0 Å². The fourth-order valence-electron chi connectivity index (χ4n) is 0.699. The largest absolute Gasteiger partial charge is 0.385 e. The quantitative estimate of drug-likeness (QED) is 0.650. The lowest BCUT2D eigenvalue weighted by molar-refractivity contribution is -0.0879. The Bertz CT molecular complexity index is 99.5. The van der Waals surface area contributed by atoms with E-state index in [0.717, 1.165) is 0 Å². The van der Waals surface area contributed by atoms with E-state index in [-0.39, 0.29) is 6.10 Å². The Hall–Kier alpha value is -0.120. The number of hydrogen-bond acceptors (Lipinski definition) is 3. The second-order valence-electron chi connectivity index (χ2n) is 3.29. The highest BCUT2D eigenvalue weighted by molar-refractivity contribution is 4.70. The molecule has 1 N–H and O–H groups in total. The first-order chi connectivity index (χ1) is 4.98. The number of hydrogen-bond donors (Lipinski definition) is 1. The molecule has 0 heterocycles. The molecule has 0 amide bonds. The summed E-state index contributed by atoms with van der Waals surface area (Å²) < 4.78 is 10.0. The van der Waals surface area contributed by atoms with Gasteiger partial charge in [-0.2, -0.15) is 0 Å². The van der Waals surface area contributed by atoms with Crippen LogP contribution in [-0.4, -0.2) is 37.1 Å². The van der Waals surface area contributed by atoms with Crippen molar-refractivity contribution in [3.8, 4) is 0 Å². The summed E-state index contributed by atoms with van der Waals surface area (Å²) in [6.45, 7) is 6.18. The number of rotatable bonds is 5. The van der Waals surface area contributed by atoms with Crippen molar-refractivity contribution in [2.75, 3.05) is 20.3 Å². The van der Waals surface area contributed by atoms with Crippen molar-refractivity contribution in [2.24, 2.45) is 0 Å². The molecule has 0 saturated heterocycles. The molecule has 0 fully saturated rings. The third-order valence-corrected chi connectivity index (χ3v) is 1.18. The van der Waals surface area contributed by atoms with Crippen molar-refractivity contribution in [2.45, 2.75) is 32.5 Å². The van der Waals surface area contributed by atoms with Crippen LogP contribution in [0.15, 0.2) is 0 Å². The van der Waals surface area contributed by atoms with Gasteiger partial charge < -0.3 is 14.6 Å². The van der Waals surface area contributed by atoms with Crippen LogP contribution in [-0.2, 0) is 9.47 Å². The molecule has 0 aliphatic rings. The minimum absolute atomic E-state index is 0.151. The van der Waals surface area contributed by atoms with Crippen LogP contribution in [0.1, 0.15) is 20.8 Å². The van der Waals surface area contributed by atoms with Crippen LogP contribution in [0.3, 0.4) is 0 Å². The Morgan fingerprint density at radius 2 is 1.91 bits per heavy atom. The van der Waals surface area contributed by atoms with Gasteiger partial charge in [0.05, 0.1) is 19.3 Å². The highest BCUT2D eigenvalue weighted by atomic mass is 16.5. The maximum atomic E-state index is 9.51. The maximum Gasteiger partial charge on any atom is 0.108 e. The third-order valence-electron chi connectivity index (χ3n) is 1.18. The summed E-state index contributed by atoms with van der Waals surface area (Å²) >= 11 is 0. The van der Waals surface area contributed by atoms with Crippen molar-refractivity contribution in [3.05, 3.63) is 0 Å². The van der Waals surface area contributed by atoms with Gasteiger partial charge in [-0.25, -0.2) is 0 Å².